The van der Waals surface area contributed by atoms with Gasteiger partial charge in [0, 0.05) is 23.3 Å². The van der Waals surface area contributed by atoms with Gasteiger partial charge in [-0.3, -0.25) is 0 Å². The summed E-state index contributed by atoms with van der Waals surface area (Å²) in [6, 6.07) is 4.89. The van der Waals surface area contributed by atoms with Crippen molar-refractivity contribution < 1.29 is 17.6 Å². The predicted molar refractivity (Wildman–Crippen MR) is 65.4 cm³/mol. The second-order valence-electron chi connectivity index (χ2n) is 3.79. The minimum absolute atomic E-state index is 0.182. The Morgan fingerprint density at radius 3 is 2.11 bits per heavy atom. The molecule has 0 N–H and O–H groups in total. The molecule has 6 heteroatoms. The molecule has 0 aliphatic heterocycles. The van der Waals surface area contributed by atoms with Gasteiger partial charge in [0.25, 0.3) is 0 Å². The molecule has 100 valence electrons. The van der Waals surface area contributed by atoms with E-state index in [-0.39, 0.29) is 10.6 Å². The molecule has 0 heterocycles. The Morgan fingerprint density at radius 1 is 0.947 bits per heavy atom. The molecule has 0 fully saturated rings. The maximum atomic E-state index is 13.7. The summed E-state index contributed by atoms with van der Waals surface area (Å²) in [6.07, 6.45) is 0. The van der Waals surface area contributed by atoms with Crippen LogP contribution in [-0.4, -0.2) is 0 Å². The summed E-state index contributed by atoms with van der Waals surface area (Å²) in [5, 5.41) is -1.66. The van der Waals surface area contributed by atoms with Crippen LogP contribution in [0, 0.1) is 23.3 Å². The molecule has 19 heavy (non-hydrogen) atoms. The number of hydrogen-bond acceptors (Lipinski definition) is 0. The maximum Gasteiger partial charge on any atom is 0.146 e. The fraction of sp³-hybridized carbons (Fsp3) is 0.0769. The average molecular weight is 309 g/mol. The fourth-order valence-electron chi connectivity index (χ4n) is 1.67. The third-order valence-electron chi connectivity index (χ3n) is 2.55. The third-order valence-corrected chi connectivity index (χ3v) is 3.30. The zero-order chi connectivity index (χ0) is 14.2. The van der Waals surface area contributed by atoms with Crippen molar-refractivity contribution in [3.8, 4) is 0 Å². The largest absolute Gasteiger partial charge is 0.207 e. The van der Waals surface area contributed by atoms with Gasteiger partial charge in [-0.25, -0.2) is 17.6 Å². The first-order valence-electron chi connectivity index (χ1n) is 5.14. The lowest BCUT2D eigenvalue weighted by molar-refractivity contribution is 0.523. The van der Waals surface area contributed by atoms with Crippen molar-refractivity contribution in [1.29, 1.82) is 0 Å². The average Bonchev–Trinajstić information content (AvgIpc) is 2.31. The number of rotatable bonds is 2. The summed E-state index contributed by atoms with van der Waals surface area (Å²) < 4.78 is 53.7. The van der Waals surface area contributed by atoms with Crippen LogP contribution in [0.4, 0.5) is 17.6 Å². The van der Waals surface area contributed by atoms with Crippen LogP contribution in [0.15, 0.2) is 30.3 Å². The van der Waals surface area contributed by atoms with Crippen molar-refractivity contribution >= 4 is 23.2 Å². The van der Waals surface area contributed by atoms with E-state index in [2.05, 4.69) is 0 Å². The van der Waals surface area contributed by atoms with Gasteiger partial charge < -0.3 is 0 Å². The van der Waals surface area contributed by atoms with Crippen LogP contribution < -0.4 is 0 Å². The molecule has 0 radical (unpaired) electrons. The lowest BCUT2D eigenvalue weighted by Crippen LogP contribution is -2.04. The number of hydrogen-bond donors (Lipinski definition) is 0. The second kappa shape index (κ2) is 5.39. The summed E-state index contributed by atoms with van der Waals surface area (Å²) in [4.78, 5) is 0. The van der Waals surface area contributed by atoms with E-state index in [4.69, 9.17) is 23.2 Å². The summed E-state index contributed by atoms with van der Waals surface area (Å²) in [5.74, 6) is -4.31. The number of benzene rings is 2. The molecule has 2 aromatic rings. The SMILES string of the molecule is Fc1cc(F)c(C(Cl)c2cccc(Cl)c2F)c(F)c1. The van der Waals surface area contributed by atoms with Gasteiger partial charge in [0.15, 0.2) is 0 Å². The monoisotopic (exact) mass is 308 g/mol. The maximum absolute atomic E-state index is 13.7. The lowest BCUT2D eigenvalue weighted by atomic mass is 10.0. The van der Waals surface area contributed by atoms with E-state index >= 15 is 0 Å². The van der Waals surface area contributed by atoms with Gasteiger partial charge in [-0.1, -0.05) is 23.7 Å². The van der Waals surface area contributed by atoms with Crippen LogP contribution in [0.2, 0.25) is 5.02 Å². The minimum Gasteiger partial charge on any atom is -0.207 e. The molecule has 0 spiro atoms. The molecule has 0 aromatic heterocycles. The van der Waals surface area contributed by atoms with E-state index in [1.165, 1.54) is 18.2 Å². The first-order chi connectivity index (χ1) is 8.91. The molecule has 1 unspecified atom stereocenters. The van der Waals surface area contributed by atoms with Crippen LogP contribution in [0.1, 0.15) is 16.5 Å². The molecule has 1 atom stereocenters. The quantitative estimate of drug-likeness (QED) is 0.527. The number of alkyl halides is 1. The third kappa shape index (κ3) is 2.69. The Morgan fingerprint density at radius 2 is 1.53 bits per heavy atom. The van der Waals surface area contributed by atoms with Crippen molar-refractivity contribution in [1.82, 2.24) is 0 Å². The van der Waals surface area contributed by atoms with Gasteiger partial charge in [0.1, 0.15) is 23.3 Å². The summed E-state index contributed by atoms with van der Waals surface area (Å²) in [6.45, 7) is 0. The second-order valence-corrected chi connectivity index (χ2v) is 4.63. The van der Waals surface area contributed by atoms with Gasteiger partial charge >= 0.3 is 0 Å². The van der Waals surface area contributed by atoms with Crippen molar-refractivity contribution in [2.75, 3.05) is 0 Å². The van der Waals surface area contributed by atoms with Crippen LogP contribution in [0.5, 0.6) is 0 Å². The standard InChI is InChI=1S/C13H6Cl2F4/c14-8-3-1-2-7(13(8)19)12(15)11-9(17)4-6(16)5-10(11)18/h1-5,12H. The predicted octanol–water partition coefficient (Wildman–Crippen LogP) is 5.22. The van der Waals surface area contributed by atoms with Crippen molar-refractivity contribution in [3.63, 3.8) is 0 Å². The van der Waals surface area contributed by atoms with Gasteiger partial charge in [0.05, 0.1) is 10.4 Å². The molecular formula is C13H6Cl2F4. The highest BCUT2D eigenvalue weighted by Gasteiger charge is 2.24. The van der Waals surface area contributed by atoms with Crippen LogP contribution in [0.25, 0.3) is 0 Å². The highest BCUT2D eigenvalue weighted by Crippen LogP contribution is 2.35. The Labute approximate surface area is 116 Å². The highest BCUT2D eigenvalue weighted by atomic mass is 35.5. The van der Waals surface area contributed by atoms with Gasteiger partial charge in [-0.05, 0) is 6.07 Å². The summed E-state index contributed by atoms with van der Waals surface area (Å²) in [7, 11) is 0. The van der Waals surface area contributed by atoms with Gasteiger partial charge in [-0.15, -0.1) is 11.6 Å². The van der Waals surface area contributed by atoms with Gasteiger partial charge in [0.2, 0.25) is 0 Å². The van der Waals surface area contributed by atoms with Gasteiger partial charge in [-0.2, -0.15) is 0 Å². The Balaban J connectivity index is 2.56. The zero-order valence-corrected chi connectivity index (χ0v) is 10.7. The first-order valence-corrected chi connectivity index (χ1v) is 5.95. The highest BCUT2D eigenvalue weighted by molar-refractivity contribution is 6.31. The van der Waals surface area contributed by atoms with Crippen molar-refractivity contribution in [2.45, 2.75) is 5.38 Å². The molecule has 0 nitrogen and oxygen atoms in total. The van der Waals surface area contributed by atoms with E-state index in [9.17, 15) is 17.6 Å². The van der Waals surface area contributed by atoms with E-state index in [1.54, 1.807) is 0 Å². The molecule has 0 bridgehead atoms. The molecule has 0 amide bonds. The van der Waals surface area contributed by atoms with E-state index in [0.29, 0.717) is 12.1 Å². The smallest absolute Gasteiger partial charge is 0.146 e. The van der Waals surface area contributed by atoms with Crippen molar-refractivity contribution in [3.05, 3.63) is 69.8 Å². The molecule has 0 saturated carbocycles. The molecule has 2 rings (SSSR count). The summed E-state index contributed by atoms with van der Waals surface area (Å²) >= 11 is 11.4. The Hall–Kier alpha value is -1.26. The normalized spacial score (nSPS) is 12.5. The lowest BCUT2D eigenvalue weighted by Gasteiger charge is -2.14. The van der Waals surface area contributed by atoms with E-state index in [1.807, 2.05) is 0 Å². The molecular weight excluding hydrogens is 303 g/mol. The van der Waals surface area contributed by atoms with Crippen LogP contribution >= 0.6 is 23.2 Å². The Kier molecular flexibility index (Phi) is 4.02. The molecule has 0 aliphatic rings. The molecule has 2 aromatic carbocycles. The van der Waals surface area contributed by atoms with E-state index in [0.717, 1.165) is 0 Å². The summed E-state index contributed by atoms with van der Waals surface area (Å²) in [5.41, 5.74) is -0.803. The van der Waals surface area contributed by atoms with Crippen molar-refractivity contribution in [2.24, 2.45) is 0 Å². The van der Waals surface area contributed by atoms with Crippen LogP contribution in [0.3, 0.4) is 0 Å². The Bertz CT molecular complexity index is 605. The van der Waals surface area contributed by atoms with E-state index < -0.39 is 34.2 Å². The minimum atomic E-state index is -1.45. The zero-order valence-electron chi connectivity index (χ0n) is 9.23. The topological polar surface area (TPSA) is 0 Å². The number of halogens is 6. The first kappa shape index (κ1) is 14.2. The fourth-order valence-corrected chi connectivity index (χ4v) is 2.23. The molecule has 0 aliphatic carbocycles. The molecule has 0 saturated heterocycles. The van der Waals surface area contributed by atoms with Crippen LogP contribution in [-0.2, 0) is 0 Å².